The second-order valence-corrected chi connectivity index (χ2v) is 6.89. The van der Waals surface area contributed by atoms with E-state index in [-0.39, 0.29) is 43.1 Å². The smallest absolute Gasteiger partial charge is 0.227 e. The highest BCUT2D eigenvalue weighted by Gasteiger charge is 2.35. The number of halogens is 2. The summed E-state index contributed by atoms with van der Waals surface area (Å²) in [5, 5.41) is 2.78. The van der Waals surface area contributed by atoms with Gasteiger partial charge in [-0.1, -0.05) is 6.07 Å². The molecule has 0 aliphatic carbocycles. The third-order valence-corrected chi connectivity index (χ3v) is 4.31. The normalized spacial score (nSPS) is 16.5. The van der Waals surface area contributed by atoms with Crippen LogP contribution in [0, 0.1) is 17.6 Å². The van der Waals surface area contributed by atoms with E-state index in [9.17, 15) is 18.4 Å². The van der Waals surface area contributed by atoms with Crippen molar-refractivity contribution in [2.24, 2.45) is 5.92 Å². The standard InChI is InChI=1S/C20H21F2N3O3/c1-12(2)28-20-13(4-3-5-23-20)10-24-19(27)14-6-18(26)25(11-14)17-8-15(21)7-16(22)9-17/h3-5,7-9,12,14H,6,10-11H2,1-2H3,(H,24,27). The van der Waals surface area contributed by atoms with Crippen LogP contribution in [0.3, 0.4) is 0 Å². The van der Waals surface area contributed by atoms with Crippen molar-refractivity contribution in [2.45, 2.75) is 32.9 Å². The highest BCUT2D eigenvalue weighted by Crippen LogP contribution is 2.27. The maximum Gasteiger partial charge on any atom is 0.227 e. The number of rotatable bonds is 6. The number of benzene rings is 1. The summed E-state index contributed by atoms with van der Waals surface area (Å²) in [7, 11) is 0. The molecule has 3 rings (SSSR count). The van der Waals surface area contributed by atoms with Crippen molar-refractivity contribution in [2.75, 3.05) is 11.4 Å². The van der Waals surface area contributed by atoms with Crippen molar-refractivity contribution >= 4 is 17.5 Å². The predicted molar refractivity (Wildman–Crippen MR) is 98.7 cm³/mol. The maximum atomic E-state index is 13.4. The molecule has 1 unspecified atom stereocenters. The van der Waals surface area contributed by atoms with Gasteiger partial charge in [-0.05, 0) is 32.0 Å². The van der Waals surface area contributed by atoms with E-state index in [0.29, 0.717) is 5.88 Å². The van der Waals surface area contributed by atoms with E-state index in [0.717, 1.165) is 23.8 Å². The van der Waals surface area contributed by atoms with E-state index in [2.05, 4.69) is 10.3 Å². The van der Waals surface area contributed by atoms with Gasteiger partial charge in [0, 0.05) is 43.0 Å². The number of anilines is 1. The van der Waals surface area contributed by atoms with Gasteiger partial charge in [0.2, 0.25) is 17.7 Å². The predicted octanol–water partition coefficient (Wildman–Crippen LogP) is 2.82. The molecule has 1 aromatic heterocycles. The van der Waals surface area contributed by atoms with Crippen molar-refractivity contribution in [1.82, 2.24) is 10.3 Å². The monoisotopic (exact) mass is 389 g/mol. The van der Waals surface area contributed by atoms with Crippen molar-refractivity contribution in [3.05, 3.63) is 53.7 Å². The molecule has 2 heterocycles. The number of nitrogens with zero attached hydrogens (tertiary/aromatic N) is 2. The third kappa shape index (κ3) is 4.62. The van der Waals surface area contributed by atoms with Crippen LogP contribution in [0.2, 0.25) is 0 Å². The number of hydrogen-bond acceptors (Lipinski definition) is 4. The lowest BCUT2D eigenvalue weighted by atomic mass is 10.1. The van der Waals surface area contributed by atoms with E-state index >= 15 is 0 Å². The molecule has 1 atom stereocenters. The Labute approximate surface area is 161 Å². The first-order chi connectivity index (χ1) is 13.3. The Kier molecular flexibility index (Phi) is 5.87. The Hall–Kier alpha value is -3.03. The van der Waals surface area contributed by atoms with Gasteiger partial charge in [-0.3, -0.25) is 9.59 Å². The van der Waals surface area contributed by atoms with Crippen LogP contribution < -0.4 is 15.0 Å². The van der Waals surface area contributed by atoms with E-state index in [1.807, 2.05) is 13.8 Å². The van der Waals surface area contributed by atoms with Crippen molar-refractivity contribution in [3.8, 4) is 5.88 Å². The lowest BCUT2D eigenvalue weighted by Gasteiger charge is -2.17. The van der Waals surface area contributed by atoms with E-state index in [1.54, 1.807) is 18.3 Å². The summed E-state index contributed by atoms with van der Waals surface area (Å²) < 4.78 is 32.5. The summed E-state index contributed by atoms with van der Waals surface area (Å²) in [5.74, 6) is -2.38. The number of hydrogen-bond donors (Lipinski definition) is 1. The Morgan fingerprint density at radius 1 is 1.32 bits per heavy atom. The van der Waals surface area contributed by atoms with Crippen LogP contribution in [0.1, 0.15) is 25.8 Å². The van der Waals surface area contributed by atoms with Crippen LogP contribution in [0.15, 0.2) is 36.5 Å². The zero-order valence-electron chi connectivity index (χ0n) is 15.6. The van der Waals surface area contributed by atoms with Crippen LogP contribution in [0.5, 0.6) is 5.88 Å². The highest BCUT2D eigenvalue weighted by molar-refractivity contribution is 6.00. The fourth-order valence-corrected chi connectivity index (χ4v) is 3.04. The number of nitrogens with one attached hydrogen (secondary N) is 1. The molecule has 2 amide bonds. The second-order valence-electron chi connectivity index (χ2n) is 6.89. The largest absolute Gasteiger partial charge is 0.475 e. The van der Waals surface area contributed by atoms with Crippen molar-refractivity contribution in [1.29, 1.82) is 0 Å². The summed E-state index contributed by atoms with van der Waals surface area (Å²) >= 11 is 0. The molecule has 2 aromatic rings. The zero-order chi connectivity index (χ0) is 20.3. The van der Waals surface area contributed by atoms with Crippen LogP contribution in [-0.4, -0.2) is 29.4 Å². The third-order valence-electron chi connectivity index (χ3n) is 4.31. The number of aromatic nitrogens is 1. The fraction of sp³-hybridized carbons (Fsp3) is 0.350. The van der Waals surface area contributed by atoms with Gasteiger partial charge in [-0.2, -0.15) is 0 Å². The van der Waals surface area contributed by atoms with Gasteiger partial charge in [-0.15, -0.1) is 0 Å². The number of ether oxygens (including phenoxy) is 1. The molecular weight excluding hydrogens is 368 g/mol. The molecule has 148 valence electrons. The van der Waals surface area contributed by atoms with Gasteiger partial charge in [-0.25, -0.2) is 13.8 Å². The van der Waals surface area contributed by atoms with Crippen LogP contribution in [0.4, 0.5) is 14.5 Å². The fourth-order valence-electron chi connectivity index (χ4n) is 3.04. The average Bonchev–Trinajstić information content (AvgIpc) is 3.01. The lowest BCUT2D eigenvalue weighted by molar-refractivity contribution is -0.126. The quantitative estimate of drug-likeness (QED) is 0.825. The molecule has 1 fully saturated rings. The summed E-state index contributed by atoms with van der Waals surface area (Å²) in [6.07, 6.45) is 1.53. The van der Waals surface area contributed by atoms with Gasteiger partial charge in [0.25, 0.3) is 0 Å². The number of carbonyl (C=O) groups is 2. The van der Waals surface area contributed by atoms with Gasteiger partial charge in [0.15, 0.2) is 0 Å². The molecule has 0 saturated carbocycles. The molecular formula is C20H21F2N3O3. The van der Waals surface area contributed by atoms with Gasteiger partial charge < -0.3 is 15.0 Å². The minimum absolute atomic E-state index is 0.0215. The SMILES string of the molecule is CC(C)Oc1ncccc1CNC(=O)C1CC(=O)N(c2cc(F)cc(F)c2)C1. The maximum absolute atomic E-state index is 13.4. The first kappa shape index (κ1) is 19.7. The first-order valence-electron chi connectivity index (χ1n) is 8.98. The van der Waals surface area contributed by atoms with E-state index in [4.69, 9.17) is 4.74 Å². The molecule has 1 aromatic carbocycles. The van der Waals surface area contributed by atoms with Crippen LogP contribution in [0.25, 0.3) is 0 Å². The molecule has 1 aliphatic rings. The summed E-state index contributed by atoms with van der Waals surface area (Å²) in [4.78, 5) is 30.1. The number of amides is 2. The first-order valence-corrected chi connectivity index (χ1v) is 8.98. The highest BCUT2D eigenvalue weighted by atomic mass is 19.1. The Morgan fingerprint density at radius 2 is 2.04 bits per heavy atom. The number of carbonyl (C=O) groups excluding carboxylic acids is 2. The summed E-state index contributed by atoms with van der Waals surface area (Å²) in [6, 6.07) is 6.43. The average molecular weight is 389 g/mol. The Bertz CT molecular complexity index is 868. The lowest BCUT2D eigenvalue weighted by Crippen LogP contribution is -2.32. The molecule has 0 radical (unpaired) electrons. The van der Waals surface area contributed by atoms with Gasteiger partial charge in [0.05, 0.1) is 12.0 Å². The van der Waals surface area contributed by atoms with Gasteiger partial charge in [0.1, 0.15) is 11.6 Å². The van der Waals surface area contributed by atoms with Gasteiger partial charge >= 0.3 is 0 Å². The Balaban J connectivity index is 1.64. The molecule has 28 heavy (non-hydrogen) atoms. The van der Waals surface area contributed by atoms with Crippen LogP contribution >= 0.6 is 0 Å². The zero-order valence-corrected chi connectivity index (χ0v) is 15.6. The molecule has 1 aliphatic heterocycles. The molecule has 1 N–H and O–H groups in total. The van der Waals surface area contributed by atoms with E-state index < -0.39 is 17.6 Å². The summed E-state index contributed by atoms with van der Waals surface area (Å²) in [5.41, 5.74) is 0.829. The minimum Gasteiger partial charge on any atom is -0.475 e. The molecule has 0 bridgehead atoms. The topological polar surface area (TPSA) is 71.5 Å². The van der Waals surface area contributed by atoms with Crippen molar-refractivity contribution < 1.29 is 23.1 Å². The number of pyridine rings is 1. The molecule has 0 spiro atoms. The van der Waals surface area contributed by atoms with Crippen molar-refractivity contribution in [3.63, 3.8) is 0 Å². The molecule has 8 heteroatoms. The van der Waals surface area contributed by atoms with Crippen LogP contribution in [-0.2, 0) is 16.1 Å². The molecule has 6 nitrogen and oxygen atoms in total. The second kappa shape index (κ2) is 8.33. The minimum atomic E-state index is -0.773. The summed E-state index contributed by atoms with van der Waals surface area (Å²) in [6.45, 7) is 4.03. The van der Waals surface area contributed by atoms with E-state index in [1.165, 1.54) is 4.90 Å². The molecule has 1 saturated heterocycles. The Morgan fingerprint density at radius 3 is 2.71 bits per heavy atom.